The highest BCUT2D eigenvalue weighted by molar-refractivity contribution is 5.45. The molecule has 1 aromatic carbocycles. The number of nitrogens with zero attached hydrogens (tertiary/aromatic N) is 1. The van der Waals surface area contributed by atoms with Gasteiger partial charge in [0, 0.05) is 11.4 Å². The zero-order chi connectivity index (χ0) is 12.3. The fraction of sp³-hybridized carbons (Fsp3) is 0.214. The van der Waals surface area contributed by atoms with Gasteiger partial charge < -0.3 is 10.4 Å². The Kier molecular flexibility index (Phi) is 3.28. The SMILES string of the molecule is Cc1ccc(NCc2nc(C)ccc2O)cc1. The van der Waals surface area contributed by atoms with Gasteiger partial charge in [-0.3, -0.25) is 4.98 Å². The molecule has 2 N–H and O–H groups in total. The molecule has 3 nitrogen and oxygen atoms in total. The van der Waals surface area contributed by atoms with Crippen molar-refractivity contribution in [1.82, 2.24) is 4.98 Å². The van der Waals surface area contributed by atoms with Crippen LogP contribution in [-0.4, -0.2) is 10.1 Å². The van der Waals surface area contributed by atoms with Crippen LogP contribution < -0.4 is 5.32 Å². The van der Waals surface area contributed by atoms with Crippen molar-refractivity contribution in [2.45, 2.75) is 20.4 Å². The van der Waals surface area contributed by atoms with Crippen molar-refractivity contribution in [3.8, 4) is 5.75 Å². The van der Waals surface area contributed by atoms with E-state index in [1.807, 2.05) is 31.2 Å². The second-order valence-electron chi connectivity index (χ2n) is 4.14. The van der Waals surface area contributed by atoms with Crippen molar-refractivity contribution in [3.63, 3.8) is 0 Å². The predicted molar refractivity (Wildman–Crippen MR) is 69.1 cm³/mol. The van der Waals surface area contributed by atoms with E-state index in [9.17, 15) is 5.11 Å². The molecule has 0 fully saturated rings. The van der Waals surface area contributed by atoms with Gasteiger partial charge in [-0.15, -0.1) is 0 Å². The molecule has 0 unspecified atom stereocenters. The molecular weight excluding hydrogens is 212 g/mol. The summed E-state index contributed by atoms with van der Waals surface area (Å²) in [6.45, 7) is 4.49. The van der Waals surface area contributed by atoms with Crippen LogP contribution in [0.25, 0.3) is 0 Å². The number of nitrogens with one attached hydrogen (secondary N) is 1. The quantitative estimate of drug-likeness (QED) is 0.848. The lowest BCUT2D eigenvalue weighted by Crippen LogP contribution is -2.02. The molecule has 88 valence electrons. The van der Waals surface area contributed by atoms with E-state index in [1.165, 1.54) is 5.56 Å². The molecule has 0 saturated carbocycles. The number of rotatable bonds is 3. The average molecular weight is 228 g/mol. The lowest BCUT2D eigenvalue weighted by atomic mass is 10.2. The molecular formula is C14H16N2O. The first-order valence-corrected chi connectivity index (χ1v) is 5.61. The van der Waals surface area contributed by atoms with E-state index < -0.39 is 0 Å². The second-order valence-corrected chi connectivity index (χ2v) is 4.14. The van der Waals surface area contributed by atoms with Crippen molar-refractivity contribution in [1.29, 1.82) is 0 Å². The van der Waals surface area contributed by atoms with Crippen molar-refractivity contribution in [2.24, 2.45) is 0 Å². The molecule has 17 heavy (non-hydrogen) atoms. The summed E-state index contributed by atoms with van der Waals surface area (Å²) in [7, 11) is 0. The monoisotopic (exact) mass is 228 g/mol. The summed E-state index contributed by atoms with van der Waals surface area (Å²) in [5.41, 5.74) is 3.83. The molecule has 0 aliphatic heterocycles. The van der Waals surface area contributed by atoms with Crippen LogP contribution in [0.2, 0.25) is 0 Å². The normalized spacial score (nSPS) is 10.2. The summed E-state index contributed by atoms with van der Waals surface area (Å²) in [5.74, 6) is 0.232. The Morgan fingerprint density at radius 3 is 2.47 bits per heavy atom. The summed E-state index contributed by atoms with van der Waals surface area (Å²) in [4.78, 5) is 4.29. The summed E-state index contributed by atoms with van der Waals surface area (Å²) in [6, 6.07) is 11.6. The molecule has 2 aromatic rings. The van der Waals surface area contributed by atoms with E-state index in [0.29, 0.717) is 12.2 Å². The molecule has 0 atom stereocenters. The van der Waals surface area contributed by atoms with Crippen LogP contribution in [0.4, 0.5) is 5.69 Å². The number of aromatic hydroxyl groups is 1. The van der Waals surface area contributed by atoms with Crippen LogP contribution in [-0.2, 0) is 6.54 Å². The predicted octanol–water partition coefficient (Wildman–Crippen LogP) is 3.02. The van der Waals surface area contributed by atoms with Crippen LogP contribution in [0.15, 0.2) is 36.4 Å². The molecule has 1 aromatic heterocycles. The van der Waals surface area contributed by atoms with E-state index in [0.717, 1.165) is 11.4 Å². The Bertz CT molecular complexity index is 506. The van der Waals surface area contributed by atoms with Gasteiger partial charge in [0.05, 0.1) is 6.54 Å². The summed E-state index contributed by atoms with van der Waals surface area (Å²) in [5, 5.41) is 12.9. The topological polar surface area (TPSA) is 45.2 Å². The number of hydrogen-bond donors (Lipinski definition) is 2. The molecule has 3 heteroatoms. The first-order chi connectivity index (χ1) is 8.15. The third-order valence-electron chi connectivity index (χ3n) is 2.60. The van der Waals surface area contributed by atoms with Crippen LogP contribution >= 0.6 is 0 Å². The first-order valence-electron chi connectivity index (χ1n) is 5.61. The van der Waals surface area contributed by atoms with Gasteiger partial charge in [-0.2, -0.15) is 0 Å². The molecule has 0 radical (unpaired) electrons. The average Bonchev–Trinajstić information content (AvgIpc) is 2.32. The smallest absolute Gasteiger partial charge is 0.138 e. The van der Waals surface area contributed by atoms with Crippen molar-refractivity contribution < 1.29 is 5.11 Å². The van der Waals surface area contributed by atoms with E-state index in [1.54, 1.807) is 12.1 Å². The molecule has 0 aliphatic carbocycles. The summed E-state index contributed by atoms with van der Waals surface area (Å²) >= 11 is 0. The lowest BCUT2D eigenvalue weighted by molar-refractivity contribution is 0.464. The van der Waals surface area contributed by atoms with Gasteiger partial charge in [0.1, 0.15) is 11.4 Å². The van der Waals surface area contributed by atoms with Crippen LogP contribution in [0, 0.1) is 13.8 Å². The number of benzene rings is 1. The van der Waals surface area contributed by atoms with Crippen molar-refractivity contribution in [3.05, 3.63) is 53.3 Å². The summed E-state index contributed by atoms with van der Waals surface area (Å²) < 4.78 is 0. The van der Waals surface area contributed by atoms with Gasteiger partial charge in [0.25, 0.3) is 0 Å². The fourth-order valence-electron chi connectivity index (χ4n) is 1.59. The van der Waals surface area contributed by atoms with Gasteiger partial charge in [0.2, 0.25) is 0 Å². The molecule has 2 rings (SSSR count). The minimum atomic E-state index is 0.232. The fourth-order valence-corrected chi connectivity index (χ4v) is 1.59. The number of hydrogen-bond acceptors (Lipinski definition) is 3. The zero-order valence-electron chi connectivity index (χ0n) is 10.1. The highest BCUT2D eigenvalue weighted by atomic mass is 16.3. The lowest BCUT2D eigenvalue weighted by Gasteiger charge is -2.08. The maximum Gasteiger partial charge on any atom is 0.138 e. The standard InChI is InChI=1S/C14H16N2O/c1-10-3-6-12(7-4-10)15-9-13-14(17)8-5-11(2)16-13/h3-8,15,17H,9H2,1-2H3. The van der Waals surface area contributed by atoms with Gasteiger partial charge in [-0.25, -0.2) is 0 Å². The number of anilines is 1. The highest BCUT2D eigenvalue weighted by Crippen LogP contribution is 2.17. The number of aryl methyl sites for hydroxylation is 2. The van der Waals surface area contributed by atoms with Gasteiger partial charge in [0.15, 0.2) is 0 Å². The van der Waals surface area contributed by atoms with Gasteiger partial charge in [-0.05, 0) is 38.1 Å². The molecule has 0 saturated heterocycles. The minimum absolute atomic E-state index is 0.232. The summed E-state index contributed by atoms with van der Waals surface area (Å²) in [6.07, 6.45) is 0. The van der Waals surface area contributed by atoms with E-state index in [-0.39, 0.29) is 5.75 Å². The highest BCUT2D eigenvalue weighted by Gasteiger charge is 2.02. The van der Waals surface area contributed by atoms with Crippen LogP contribution in [0.5, 0.6) is 5.75 Å². The van der Waals surface area contributed by atoms with Gasteiger partial charge in [-0.1, -0.05) is 17.7 Å². The molecule has 0 bridgehead atoms. The van der Waals surface area contributed by atoms with E-state index >= 15 is 0 Å². The first kappa shape index (κ1) is 11.5. The zero-order valence-corrected chi connectivity index (χ0v) is 10.1. The van der Waals surface area contributed by atoms with Crippen LogP contribution in [0.1, 0.15) is 17.0 Å². The molecule has 0 amide bonds. The number of pyridine rings is 1. The van der Waals surface area contributed by atoms with Crippen LogP contribution in [0.3, 0.4) is 0 Å². The van der Waals surface area contributed by atoms with E-state index in [2.05, 4.69) is 17.2 Å². The van der Waals surface area contributed by atoms with Crippen molar-refractivity contribution in [2.75, 3.05) is 5.32 Å². The second kappa shape index (κ2) is 4.87. The number of aromatic nitrogens is 1. The van der Waals surface area contributed by atoms with Gasteiger partial charge >= 0.3 is 0 Å². The molecule has 1 heterocycles. The minimum Gasteiger partial charge on any atom is -0.506 e. The maximum absolute atomic E-state index is 9.65. The molecule has 0 spiro atoms. The Hall–Kier alpha value is -2.03. The Balaban J connectivity index is 2.07. The Labute approximate surface area is 101 Å². The largest absolute Gasteiger partial charge is 0.506 e. The van der Waals surface area contributed by atoms with E-state index in [4.69, 9.17) is 0 Å². The molecule has 0 aliphatic rings. The Morgan fingerprint density at radius 2 is 1.76 bits per heavy atom. The maximum atomic E-state index is 9.65. The third-order valence-corrected chi connectivity index (χ3v) is 2.60. The van der Waals surface area contributed by atoms with Crippen molar-refractivity contribution >= 4 is 5.69 Å². The Morgan fingerprint density at radius 1 is 1.06 bits per heavy atom. The third kappa shape index (κ3) is 2.97.